The molecule has 0 aromatic carbocycles. The number of nitrogens with two attached hydrogens (primary N) is 1. The van der Waals surface area contributed by atoms with Gasteiger partial charge in [0.25, 0.3) is 0 Å². The molecule has 2 bridgehead atoms. The second-order valence-electron chi connectivity index (χ2n) is 7.71. The highest BCUT2D eigenvalue weighted by molar-refractivity contribution is 5.86. The van der Waals surface area contributed by atoms with Crippen molar-refractivity contribution in [3.8, 4) is 0 Å². The van der Waals surface area contributed by atoms with Gasteiger partial charge in [0, 0.05) is 38.8 Å². The number of carbonyl (C=O) groups is 1. The number of rotatable bonds is 7. The van der Waals surface area contributed by atoms with E-state index in [9.17, 15) is 4.79 Å². The van der Waals surface area contributed by atoms with Gasteiger partial charge < -0.3 is 20.9 Å². The van der Waals surface area contributed by atoms with Crippen molar-refractivity contribution in [2.75, 3.05) is 45.8 Å². The maximum absolute atomic E-state index is 12.4. The standard InChI is InChI=1S/C18H34N4O.3ClH/c1-2-21-9-11-22(12-10-21)8-4-3-7-20-18(23)16-14-5-6-15(13-14)17(16)19;;;/h14-17H,2-13,19H2,1H3,(H,20,23);3*1H. The second kappa shape index (κ2) is 12.6. The maximum atomic E-state index is 12.4. The van der Waals surface area contributed by atoms with Crippen molar-refractivity contribution in [2.24, 2.45) is 23.5 Å². The highest BCUT2D eigenvalue weighted by Crippen LogP contribution is 2.47. The molecule has 1 heterocycles. The Bertz CT molecular complexity index is 406. The molecule has 0 aromatic heterocycles. The van der Waals surface area contributed by atoms with E-state index in [2.05, 4.69) is 22.0 Å². The first-order valence-electron chi connectivity index (χ1n) is 9.67. The third kappa shape index (κ3) is 6.39. The number of likely N-dealkylation sites (N-methyl/N-ethyl adjacent to an activating group) is 1. The Morgan fingerprint density at radius 1 is 1.00 bits per heavy atom. The van der Waals surface area contributed by atoms with E-state index < -0.39 is 0 Å². The van der Waals surface area contributed by atoms with E-state index in [-0.39, 0.29) is 55.1 Å². The quantitative estimate of drug-likeness (QED) is 0.606. The second-order valence-corrected chi connectivity index (χ2v) is 7.71. The van der Waals surface area contributed by atoms with Crippen molar-refractivity contribution in [1.82, 2.24) is 15.1 Å². The molecule has 4 unspecified atom stereocenters. The Morgan fingerprint density at radius 2 is 1.62 bits per heavy atom. The van der Waals surface area contributed by atoms with E-state index >= 15 is 0 Å². The van der Waals surface area contributed by atoms with Crippen molar-refractivity contribution in [1.29, 1.82) is 0 Å². The first-order valence-corrected chi connectivity index (χ1v) is 9.67. The lowest BCUT2D eigenvalue weighted by Crippen LogP contribution is -2.46. The lowest BCUT2D eigenvalue weighted by molar-refractivity contribution is -0.127. The summed E-state index contributed by atoms with van der Waals surface area (Å²) in [5.74, 6) is 1.49. The highest BCUT2D eigenvalue weighted by Gasteiger charge is 2.48. The molecule has 0 radical (unpaired) electrons. The molecule has 0 spiro atoms. The van der Waals surface area contributed by atoms with Crippen LogP contribution in [0.2, 0.25) is 0 Å². The summed E-state index contributed by atoms with van der Waals surface area (Å²) in [5, 5.41) is 3.15. The van der Waals surface area contributed by atoms with E-state index in [1.807, 2.05) is 0 Å². The van der Waals surface area contributed by atoms with Gasteiger partial charge in [-0.15, -0.1) is 37.2 Å². The van der Waals surface area contributed by atoms with Crippen molar-refractivity contribution in [3.05, 3.63) is 0 Å². The van der Waals surface area contributed by atoms with Crippen LogP contribution in [0.1, 0.15) is 39.0 Å². The van der Waals surface area contributed by atoms with E-state index in [4.69, 9.17) is 5.73 Å². The minimum atomic E-state index is 0. The van der Waals surface area contributed by atoms with Crippen molar-refractivity contribution >= 4 is 43.1 Å². The summed E-state index contributed by atoms with van der Waals surface area (Å²) in [6.07, 6.45) is 5.88. The lowest BCUT2D eigenvalue weighted by atomic mass is 9.84. The fraction of sp³-hybridized carbons (Fsp3) is 0.944. The SMILES string of the molecule is CCN1CCN(CCCCNC(=O)C2C3CCC(C3)C2N)CC1.Cl.Cl.Cl. The zero-order valence-electron chi connectivity index (χ0n) is 15.9. The third-order valence-corrected chi connectivity index (χ3v) is 6.40. The molecule has 2 aliphatic carbocycles. The minimum Gasteiger partial charge on any atom is -0.356 e. The molecule has 2 saturated carbocycles. The van der Waals surface area contributed by atoms with Crippen LogP contribution in [0.3, 0.4) is 0 Å². The maximum Gasteiger partial charge on any atom is 0.224 e. The molecule has 1 aliphatic heterocycles. The van der Waals surface area contributed by atoms with Gasteiger partial charge >= 0.3 is 0 Å². The number of fused-ring (bicyclic) bond motifs is 2. The Morgan fingerprint density at radius 3 is 2.19 bits per heavy atom. The van der Waals surface area contributed by atoms with E-state index in [0.29, 0.717) is 11.8 Å². The number of nitrogens with one attached hydrogen (secondary N) is 1. The summed E-state index contributed by atoms with van der Waals surface area (Å²) in [7, 11) is 0. The average Bonchev–Trinajstić information content (AvgIpc) is 3.16. The number of halogens is 3. The van der Waals surface area contributed by atoms with Crippen LogP contribution in [0.4, 0.5) is 0 Å². The van der Waals surface area contributed by atoms with E-state index in [0.717, 1.165) is 13.0 Å². The first kappa shape index (κ1) is 26.2. The topological polar surface area (TPSA) is 61.6 Å². The molecule has 3 aliphatic rings. The average molecular weight is 432 g/mol. The molecule has 3 fully saturated rings. The van der Waals surface area contributed by atoms with Gasteiger partial charge in [-0.2, -0.15) is 0 Å². The molecule has 1 saturated heterocycles. The Balaban J connectivity index is 0.00000208. The molecular formula is C18H37Cl3N4O. The van der Waals surface area contributed by atoms with Crippen LogP contribution in [-0.4, -0.2) is 67.6 Å². The number of piperazine rings is 1. The van der Waals surface area contributed by atoms with Crippen molar-refractivity contribution in [2.45, 2.75) is 45.1 Å². The molecule has 1 amide bonds. The van der Waals surface area contributed by atoms with Crippen LogP contribution < -0.4 is 11.1 Å². The lowest BCUT2D eigenvalue weighted by Gasteiger charge is -2.34. The van der Waals surface area contributed by atoms with Crippen LogP contribution in [0.15, 0.2) is 0 Å². The number of nitrogens with zero attached hydrogens (tertiary/aromatic N) is 2. The van der Waals surface area contributed by atoms with Crippen LogP contribution in [-0.2, 0) is 4.79 Å². The van der Waals surface area contributed by atoms with Gasteiger partial charge in [-0.25, -0.2) is 0 Å². The molecule has 8 heteroatoms. The number of hydrogen-bond donors (Lipinski definition) is 2. The minimum absolute atomic E-state index is 0. The zero-order chi connectivity index (χ0) is 16.2. The Hall–Kier alpha value is 0.220. The largest absolute Gasteiger partial charge is 0.356 e. The Kier molecular flexibility index (Phi) is 12.7. The fourth-order valence-electron chi connectivity index (χ4n) is 4.84. The fourth-order valence-corrected chi connectivity index (χ4v) is 4.84. The first-order chi connectivity index (χ1) is 11.2. The molecule has 3 N–H and O–H groups in total. The molecule has 156 valence electrons. The van der Waals surface area contributed by atoms with Gasteiger partial charge in [0.2, 0.25) is 5.91 Å². The van der Waals surface area contributed by atoms with E-state index in [1.165, 1.54) is 65.0 Å². The van der Waals surface area contributed by atoms with Crippen LogP contribution in [0, 0.1) is 17.8 Å². The van der Waals surface area contributed by atoms with Gasteiger partial charge in [-0.1, -0.05) is 6.92 Å². The van der Waals surface area contributed by atoms with Crippen molar-refractivity contribution < 1.29 is 4.79 Å². The van der Waals surface area contributed by atoms with Gasteiger partial charge in [0.15, 0.2) is 0 Å². The monoisotopic (exact) mass is 430 g/mol. The predicted octanol–water partition coefficient (Wildman–Crippen LogP) is 2.16. The molecule has 0 aromatic rings. The van der Waals surface area contributed by atoms with Gasteiger partial charge in [0.05, 0.1) is 5.92 Å². The van der Waals surface area contributed by atoms with Crippen LogP contribution in [0.25, 0.3) is 0 Å². The summed E-state index contributed by atoms with van der Waals surface area (Å²) in [5.41, 5.74) is 6.24. The summed E-state index contributed by atoms with van der Waals surface area (Å²) in [6, 6.07) is 0.114. The zero-order valence-corrected chi connectivity index (χ0v) is 18.3. The van der Waals surface area contributed by atoms with Gasteiger partial charge in [-0.05, 0) is 57.0 Å². The molecule has 3 rings (SSSR count). The summed E-state index contributed by atoms with van der Waals surface area (Å²) in [6.45, 7) is 10.2. The van der Waals surface area contributed by atoms with Crippen molar-refractivity contribution in [3.63, 3.8) is 0 Å². The Labute approximate surface area is 177 Å². The number of unbranched alkanes of at least 4 members (excludes halogenated alkanes) is 1. The normalized spacial score (nSPS) is 30.8. The number of amides is 1. The number of carbonyl (C=O) groups excluding carboxylic acids is 1. The van der Waals surface area contributed by atoms with Crippen LogP contribution >= 0.6 is 37.2 Å². The van der Waals surface area contributed by atoms with Gasteiger partial charge in [-0.3, -0.25) is 4.79 Å². The highest BCUT2D eigenvalue weighted by atomic mass is 35.5. The molecule has 26 heavy (non-hydrogen) atoms. The molecule has 5 nitrogen and oxygen atoms in total. The molecular weight excluding hydrogens is 395 g/mol. The summed E-state index contributed by atoms with van der Waals surface area (Å²) < 4.78 is 0. The van der Waals surface area contributed by atoms with E-state index in [1.54, 1.807) is 0 Å². The smallest absolute Gasteiger partial charge is 0.224 e. The van der Waals surface area contributed by atoms with Gasteiger partial charge in [0.1, 0.15) is 0 Å². The summed E-state index contributed by atoms with van der Waals surface area (Å²) in [4.78, 5) is 17.4. The molecule has 4 atom stereocenters. The third-order valence-electron chi connectivity index (χ3n) is 6.40. The summed E-state index contributed by atoms with van der Waals surface area (Å²) >= 11 is 0. The van der Waals surface area contributed by atoms with Crippen LogP contribution in [0.5, 0.6) is 0 Å². The number of hydrogen-bond acceptors (Lipinski definition) is 4. The predicted molar refractivity (Wildman–Crippen MR) is 115 cm³/mol.